The number of nitrogens with zero attached hydrogens (tertiary/aromatic N) is 2. The molecule has 0 bridgehead atoms. The van der Waals surface area contributed by atoms with E-state index in [2.05, 4.69) is 84.2 Å². The van der Waals surface area contributed by atoms with Gasteiger partial charge < -0.3 is 0 Å². The van der Waals surface area contributed by atoms with E-state index in [0.29, 0.717) is 0 Å². The van der Waals surface area contributed by atoms with E-state index in [1.807, 2.05) is 26.0 Å². The molecule has 3 rings (SSSR count). The van der Waals surface area contributed by atoms with Gasteiger partial charge in [0.15, 0.2) is 0 Å². The maximum atomic E-state index is 6.13. The topological polar surface area (TPSA) is 25.8 Å². The Morgan fingerprint density at radius 3 is 2.59 bits per heavy atom. The molecule has 146 valence electrons. The Kier molecular flexibility index (Phi) is 6.79. The van der Waals surface area contributed by atoms with Crippen LogP contribution in [0, 0.1) is 6.92 Å². The number of fused-ring (bicyclic) bond motifs is 1. The second kappa shape index (κ2) is 9.49. The first-order valence-corrected chi connectivity index (χ1v) is 10.2. The predicted octanol–water partition coefficient (Wildman–Crippen LogP) is 7.69. The van der Waals surface area contributed by atoms with Gasteiger partial charge in [0.2, 0.25) is 5.28 Å². The number of rotatable bonds is 6. The van der Waals surface area contributed by atoms with Crippen LogP contribution in [-0.2, 0) is 0 Å². The third-order valence-corrected chi connectivity index (χ3v) is 4.98. The van der Waals surface area contributed by atoms with Crippen LogP contribution < -0.4 is 0 Å². The van der Waals surface area contributed by atoms with Crippen molar-refractivity contribution in [3.8, 4) is 0 Å². The second-order valence-electron chi connectivity index (χ2n) is 6.78. The normalized spacial score (nSPS) is 12.3. The number of benzene rings is 2. The van der Waals surface area contributed by atoms with E-state index in [0.717, 1.165) is 34.5 Å². The molecular formula is C26H25ClN2. The molecule has 0 atom stereocenters. The Morgan fingerprint density at radius 2 is 1.83 bits per heavy atom. The number of aromatic nitrogens is 2. The van der Waals surface area contributed by atoms with E-state index in [9.17, 15) is 0 Å². The van der Waals surface area contributed by atoms with Crippen LogP contribution in [0.25, 0.3) is 28.0 Å². The number of halogens is 1. The minimum Gasteiger partial charge on any atom is -0.223 e. The number of aryl methyl sites for hydroxylation is 1. The molecule has 0 spiro atoms. The standard InChI is InChI=1S/C26H25ClN2/c1-5-7-13-22-19(4)28-26(27)29-25(22)18(3)16-17-20(6-2)23-15-10-12-21-11-8-9-14-24(21)23/h6-17H,3,5H2,1-2,4H3/b13-7-,17-16-,20-6+. The highest BCUT2D eigenvalue weighted by Crippen LogP contribution is 2.28. The van der Waals surface area contributed by atoms with Crippen molar-refractivity contribution >= 4 is 39.6 Å². The zero-order valence-corrected chi connectivity index (χ0v) is 17.9. The monoisotopic (exact) mass is 400 g/mol. The molecule has 0 aliphatic rings. The summed E-state index contributed by atoms with van der Waals surface area (Å²) in [6, 6.07) is 14.8. The Hall–Kier alpha value is -2.97. The SMILES string of the molecule is C=C(/C=C\C(=C/C)c1cccc2ccccc12)c1nc(Cl)nc(C)c1/C=C\CC. The second-order valence-corrected chi connectivity index (χ2v) is 7.12. The van der Waals surface area contributed by atoms with Gasteiger partial charge in [-0.3, -0.25) is 0 Å². The molecule has 0 fully saturated rings. The van der Waals surface area contributed by atoms with Crippen molar-refractivity contribution in [1.82, 2.24) is 9.97 Å². The molecule has 3 aromatic rings. The van der Waals surface area contributed by atoms with Crippen molar-refractivity contribution in [1.29, 1.82) is 0 Å². The number of allylic oxidation sites excluding steroid dienone is 6. The molecule has 3 heteroatoms. The van der Waals surface area contributed by atoms with Crippen molar-refractivity contribution in [2.45, 2.75) is 27.2 Å². The van der Waals surface area contributed by atoms with Gasteiger partial charge in [0.25, 0.3) is 0 Å². The molecular weight excluding hydrogens is 376 g/mol. The fourth-order valence-electron chi connectivity index (χ4n) is 3.32. The summed E-state index contributed by atoms with van der Waals surface area (Å²) in [4.78, 5) is 8.74. The lowest BCUT2D eigenvalue weighted by atomic mass is 9.96. The van der Waals surface area contributed by atoms with Crippen LogP contribution in [0.2, 0.25) is 5.28 Å². The minimum atomic E-state index is 0.237. The van der Waals surface area contributed by atoms with Gasteiger partial charge in [-0.2, -0.15) is 0 Å². The highest BCUT2D eigenvalue weighted by Gasteiger charge is 2.11. The summed E-state index contributed by atoms with van der Waals surface area (Å²) in [5.74, 6) is 0. The summed E-state index contributed by atoms with van der Waals surface area (Å²) >= 11 is 6.13. The fraction of sp³-hybridized carbons (Fsp3) is 0.154. The molecule has 0 radical (unpaired) electrons. The summed E-state index contributed by atoms with van der Waals surface area (Å²) < 4.78 is 0. The van der Waals surface area contributed by atoms with E-state index >= 15 is 0 Å². The van der Waals surface area contributed by atoms with Gasteiger partial charge in [-0.15, -0.1) is 0 Å². The van der Waals surface area contributed by atoms with E-state index in [1.54, 1.807) is 0 Å². The van der Waals surface area contributed by atoms with Crippen molar-refractivity contribution < 1.29 is 0 Å². The van der Waals surface area contributed by atoms with Crippen molar-refractivity contribution in [2.24, 2.45) is 0 Å². The van der Waals surface area contributed by atoms with E-state index in [4.69, 9.17) is 11.6 Å². The maximum Gasteiger partial charge on any atom is 0.223 e. The molecule has 2 aromatic carbocycles. The van der Waals surface area contributed by atoms with E-state index in [-0.39, 0.29) is 5.28 Å². The van der Waals surface area contributed by atoms with Gasteiger partial charge in [0.05, 0.1) is 11.4 Å². The first-order valence-electron chi connectivity index (χ1n) is 9.77. The lowest BCUT2D eigenvalue weighted by molar-refractivity contribution is 1.07. The Bertz CT molecular complexity index is 1130. The highest BCUT2D eigenvalue weighted by molar-refractivity contribution is 6.28. The van der Waals surface area contributed by atoms with Gasteiger partial charge in [-0.25, -0.2) is 9.97 Å². The third kappa shape index (κ3) is 4.72. The molecule has 0 saturated carbocycles. The minimum absolute atomic E-state index is 0.237. The van der Waals surface area contributed by atoms with Crippen LogP contribution in [0.5, 0.6) is 0 Å². The van der Waals surface area contributed by atoms with Gasteiger partial charge in [-0.1, -0.05) is 86.3 Å². The molecule has 29 heavy (non-hydrogen) atoms. The van der Waals surface area contributed by atoms with Crippen LogP contribution in [0.1, 0.15) is 42.8 Å². The first-order chi connectivity index (χ1) is 14.0. The van der Waals surface area contributed by atoms with Gasteiger partial charge in [-0.05, 0) is 59.4 Å². The van der Waals surface area contributed by atoms with Crippen LogP contribution in [-0.4, -0.2) is 9.97 Å². The highest BCUT2D eigenvalue weighted by atomic mass is 35.5. The molecule has 0 unspecified atom stereocenters. The van der Waals surface area contributed by atoms with E-state index in [1.165, 1.54) is 16.3 Å². The summed E-state index contributed by atoms with van der Waals surface area (Å²) in [5, 5.41) is 2.69. The zero-order valence-electron chi connectivity index (χ0n) is 17.1. The van der Waals surface area contributed by atoms with Crippen LogP contribution >= 0.6 is 11.6 Å². The van der Waals surface area contributed by atoms with Gasteiger partial charge in [0.1, 0.15) is 0 Å². The summed E-state index contributed by atoms with van der Waals surface area (Å²) in [5.41, 5.74) is 5.69. The van der Waals surface area contributed by atoms with Crippen LogP contribution in [0.4, 0.5) is 0 Å². The molecule has 0 aliphatic heterocycles. The largest absolute Gasteiger partial charge is 0.223 e. The van der Waals surface area contributed by atoms with Gasteiger partial charge >= 0.3 is 0 Å². The summed E-state index contributed by atoms with van der Waals surface area (Å²) in [7, 11) is 0. The van der Waals surface area contributed by atoms with Crippen molar-refractivity contribution in [2.75, 3.05) is 0 Å². The molecule has 1 heterocycles. The first kappa shape index (κ1) is 20.8. The number of hydrogen-bond donors (Lipinski definition) is 0. The van der Waals surface area contributed by atoms with Crippen LogP contribution in [0.15, 0.2) is 73.3 Å². The Labute approximate surface area is 178 Å². The summed E-state index contributed by atoms with van der Waals surface area (Å²) in [6.45, 7) is 10.3. The lowest BCUT2D eigenvalue weighted by Gasteiger charge is -2.10. The molecule has 0 aliphatic carbocycles. The maximum absolute atomic E-state index is 6.13. The summed E-state index contributed by atoms with van der Waals surface area (Å²) in [6.07, 6.45) is 11.3. The molecule has 2 nitrogen and oxygen atoms in total. The Morgan fingerprint density at radius 1 is 1.07 bits per heavy atom. The van der Waals surface area contributed by atoms with Crippen molar-refractivity contribution in [3.05, 3.63) is 101 Å². The van der Waals surface area contributed by atoms with Crippen molar-refractivity contribution in [3.63, 3.8) is 0 Å². The molecule has 0 saturated heterocycles. The predicted molar refractivity (Wildman–Crippen MR) is 127 cm³/mol. The molecule has 0 N–H and O–H groups in total. The zero-order chi connectivity index (χ0) is 20.8. The van der Waals surface area contributed by atoms with Gasteiger partial charge in [0, 0.05) is 5.56 Å². The lowest BCUT2D eigenvalue weighted by Crippen LogP contribution is -1.99. The fourth-order valence-corrected chi connectivity index (χ4v) is 3.53. The average molecular weight is 401 g/mol. The molecule has 1 aromatic heterocycles. The Balaban J connectivity index is 1.99. The van der Waals surface area contributed by atoms with Crippen LogP contribution in [0.3, 0.4) is 0 Å². The quantitative estimate of drug-likeness (QED) is 0.313. The number of hydrogen-bond acceptors (Lipinski definition) is 2. The average Bonchev–Trinajstić information content (AvgIpc) is 2.73. The smallest absolute Gasteiger partial charge is 0.223 e. The third-order valence-electron chi connectivity index (χ3n) is 4.81. The molecule has 0 amide bonds. The van der Waals surface area contributed by atoms with E-state index < -0.39 is 0 Å².